The monoisotopic (exact) mass is 115 g/mol. The van der Waals surface area contributed by atoms with Gasteiger partial charge in [-0.25, -0.2) is 0 Å². The van der Waals surface area contributed by atoms with Crippen LogP contribution in [0.2, 0.25) is 0 Å². The molecule has 1 aliphatic rings. The Labute approximate surface area is 47.5 Å². The van der Waals surface area contributed by atoms with Crippen molar-refractivity contribution in [1.82, 2.24) is 16.4 Å². The van der Waals surface area contributed by atoms with E-state index in [0.29, 0.717) is 0 Å². The first-order valence-electron chi connectivity index (χ1n) is 2.42. The summed E-state index contributed by atoms with van der Waals surface area (Å²) in [5.41, 5.74) is 9.88. The van der Waals surface area contributed by atoms with E-state index < -0.39 is 0 Å². The minimum absolute atomic E-state index is 0.0475. The van der Waals surface area contributed by atoms with E-state index >= 15 is 0 Å². The summed E-state index contributed by atoms with van der Waals surface area (Å²) in [6, 6.07) is 0. The molecule has 46 valence electrons. The Balaban J connectivity index is 2.58. The van der Waals surface area contributed by atoms with E-state index in [0.717, 1.165) is 11.4 Å². The van der Waals surface area contributed by atoms with Gasteiger partial charge in [0.2, 0.25) is 0 Å². The van der Waals surface area contributed by atoms with Gasteiger partial charge in [0.1, 0.15) is 0 Å². The molecule has 1 heterocycles. The third-order valence-corrected chi connectivity index (χ3v) is 1.07. The van der Waals surface area contributed by atoms with Crippen molar-refractivity contribution in [1.29, 1.82) is 0 Å². The lowest BCUT2D eigenvalue weighted by Gasteiger charge is -1.94. The van der Waals surface area contributed by atoms with Crippen LogP contribution in [-0.2, 0) is 0 Å². The van der Waals surface area contributed by atoms with Gasteiger partial charge in [0.25, 0.3) is 0 Å². The van der Waals surface area contributed by atoms with Crippen molar-refractivity contribution in [2.24, 2.45) is 0 Å². The van der Waals surface area contributed by atoms with Crippen molar-refractivity contribution in [2.75, 3.05) is 6.61 Å². The molecule has 0 fully saturated rings. The fourth-order valence-electron chi connectivity index (χ4n) is 0.528. The zero-order valence-electron chi connectivity index (χ0n) is 4.65. The molecule has 0 bridgehead atoms. The van der Waals surface area contributed by atoms with Crippen LogP contribution in [-0.4, -0.2) is 11.7 Å². The number of rotatable bonds is 1. The SMILES string of the molecule is CC1=C(CO)NNN1. The van der Waals surface area contributed by atoms with Crippen molar-refractivity contribution >= 4 is 0 Å². The van der Waals surface area contributed by atoms with Crippen molar-refractivity contribution in [3.8, 4) is 0 Å². The largest absolute Gasteiger partial charge is 0.390 e. The summed E-state index contributed by atoms with van der Waals surface area (Å²) in [7, 11) is 0. The van der Waals surface area contributed by atoms with E-state index in [2.05, 4.69) is 16.4 Å². The highest BCUT2D eigenvalue weighted by Gasteiger charge is 2.04. The first-order valence-corrected chi connectivity index (χ1v) is 2.42. The molecule has 0 aromatic heterocycles. The van der Waals surface area contributed by atoms with Crippen LogP contribution >= 0.6 is 0 Å². The second-order valence-corrected chi connectivity index (χ2v) is 1.64. The summed E-state index contributed by atoms with van der Waals surface area (Å²) in [4.78, 5) is 0. The minimum Gasteiger partial charge on any atom is -0.390 e. The number of hydrogen-bond acceptors (Lipinski definition) is 4. The lowest BCUT2D eigenvalue weighted by atomic mass is 10.4. The minimum atomic E-state index is 0.0475. The summed E-state index contributed by atoms with van der Waals surface area (Å²) >= 11 is 0. The third-order valence-electron chi connectivity index (χ3n) is 1.07. The van der Waals surface area contributed by atoms with Gasteiger partial charge in [0, 0.05) is 5.70 Å². The lowest BCUT2D eigenvalue weighted by molar-refractivity contribution is 0.320. The fourth-order valence-corrected chi connectivity index (χ4v) is 0.528. The molecule has 4 N–H and O–H groups in total. The molecule has 0 aromatic rings. The Bertz CT molecular complexity index is 120. The predicted octanol–water partition coefficient (Wildman–Crippen LogP) is -1.18. The van der Waals surface area contributed by atoms with Gasteiger partial charge < -0.3 is 16.0 Å². The van der Waals surface area contributed by atoms with E-state index in [1.807, 2.05) is 6.92 Å². The molecule has 0 saturated carbocycles. The maximum absolute atomic E-state index is 8.54. The third kappa shape index (κ3) is 0.753. The molecule has 0 saturated heterocycles. The Kier molecular flexibility index (Phi) is 1.36. The molecule has 8 heavy (non-hydrogen) atoms. The van der Waals surface area contributed by atoms with E-state index in [1.165, 1.54) is 0 Å². The molecule has 0 spiro atoms. The van der Waals surface area contributed by atoms with Gasteiger partial charge in [-0.15, -0.1) is 0 Å². The highest BCUT2D eigenvalue weighted by atomic mass is 16.3. The molecule has 1 aliphatic heterocycles. The van der Waals surface area contributed by atoms with Crippen molar-refractivity contribution in [2.45, 2.75) is 6.92 Å². The first-order chi connectivity index (χ1) is 3.84. The van der Waals surface area contributed by atoms with Crippen LogP contribution in [0.4, 0.5) is 0 Å². The topological polar surface area (TPSA) is 56.3 Å². The number of hydrazine groups is 2. The molecule has 0 aliphatic carbocycles. The van der Waals surface area contributed by atoms with Crippen molar-refractivity contribution in [3.05, 3.63) is 11.4 Å². The van der Waals surface area contributed by atoms with Gasteiger partial charge in [-0.2, -0.15) is 5.53 Å². The average Bonchev–Trinajstić information content (AvgIpc) is 2.14. The Morgan fingerprint density at radius 1 is 1.50 bits per heavy atom. The smallest absolute Gasteiger partial charge is 0.0859 e. The number of nitrogens with one attached hydrogen (secondary N) is 3. The Hall–Kier alpha value is -0.740. The molecule has 4 nitrogen and oxygen atoms in total. The summed E-state index contributed by atoms with van der Waals surface area (Å²) in [6.07, 6.45) is 0. The first kappa shape index (κ1) is 5.40. The van der Waals surface area contributed by atoms with Crippen LogP contribution in [0.3, 0.4) is 0 Å². The Morgan fingerprint density at radius 2 is 2.25 bits per heavy atom. The maximum atomic E-state index is 8.54. The van der Waals surface area contributed by atoms with E-state index in [9.17, 15) is 0 Å². The fraction of sp³-hybridized carbons (Fsp3) is 0.500. The molecule has 0 amide bonds. The molecular formula is C4H9N3O. The van der Waals surface area contributed by atoms with Gasteiger partial charge >= 0.3 is 0 Å². The number of aliphatic hydroxyl groups excluding tert-OH is 1. The molecular weight excluding hydrogens is 106 g/mol. The van der Waals surface area contributed by atoms with Crippen LogP contribution in [0.1, 0.15) is 6.92 Å². The number of aliphatic hydroxyl groups is 1. The maximum Gasteiger partial charge on any atom is 0.0859 e. The summed E-state index contributed by atoms with van der Waals surface area (Å²) < 4.78 is 0. The van der Waals surface area contributed by atoms with E-state index in [4.69, 9.17) is 5.11 Å². The van der Waals surface area contributed by atoms with Crippen LogP contribution in [0.25, 0.3) is 0 Å². The average molecular weight is 115 g/mol. The molecule has 4 heteroatoms. The highest BCUT2D eigenvalue weighted by Crippen LogP contribution is 1.96. The number of allylic oxidation sites excluding steroid dienone is 1. The summed E-state index contributed by atoms with van der Waals surface area (Å²) in [5, 5.41) is 8.54. The highest BCUT2D eigenvalue weighted by molar-refractivity contribution is 5.10. The summed E-state index contributed by atoms with van der Waals surface area (Å²) in [6.45, 7) is 1.92. The van der Waals surface area contributed by atoms with Gasteiger partial charge in [-0.3, -0.25) is 0 Å². The predicted molar refractivity (Wildman–Crippen MR) is 29.2 cm³/mol. The quantitative estimate of drug-likeness (QED) is 0.347. The van der Waals surface area contributed by atoms with Crippen LogP contribution in [0.5, 0.6) is 0 Å². The molecule has 0 unspecified atom stereocenters. The van der Waals surface area contributed by atoms with Gasteiger partial charge in [-0.1, -0.05) is 0 Å². The van der Waals surface area contributed by atoms with Crippen LogP contribution < -0.4 is 16.4 Å². The van der Waals surface area contributed by atoms with Crippen LogP contribution in [0, 0.1) is 0 Å². The second-order valence-electron chi connectivity index (χ2n) is 1.64. The van der Waals surface area contributed by atoms with Crippen LogP contribution in [0.15, 0.2) is 11.4 Å². The van der Waals surface area contributed by atoms with E-state index in [-0.39, 0.29) is 6.61 Å². The molecule has 0 radical (unpaired) electrons. The zero-order valence-corrected chi connectivity index (χ0v) is 4.65. The summed E-state index contributed by atoms with van der Waals surface area (Å²) in [5.74, 6) is 0. The van der Waals surface area contributed by atoms with E-state index in [1.54, 1.807) is 0 Å². The lowest BCUT2D eigenvalue weighted by Crippen LogP contribution is -2.32. The molecule has 0 aromatic carbocycles. The second kappa shape index (κ2) is 2.02. The van der Waals surface area contributed by atoms with Crippen molar-refractivity contribution < 1.29 is 5.11 Å². The Morgan fingerprint density at radius 3 is 2.50 bits per heavy atom. The normalized spacial score (nSPS) is 18.2. The molecule has 1 rings (SSSR count). The molecule has 0 atom stereocenters. The standard InChI is InChI=1S/C4H9N3O/c1-3-4(2-8)6-7-5-3/h5-8H,2H2,1H3. The van der Waals surface area contributed by atoms with Gasteiger partial charge in [0.05, 0.1) is 12.3 Å². The number of hydrogen-bond donors (Lipinski definition) is 4. The zero-order chi connectivity index (χ0) is 5.98. The van der Waals surface area contributed by atoms with Gasteiger partial charge in [0.15, 0.2) is 0 Å². The van der Waals surface area contributed by atoms with Gasteiger partial charge in [-0.05, 0) is 6.92 Å². The van der Waals surface area contributed by atoms with Crippen molar-refractivity contribution in [3.63, 3.8) is 0 Å².